The Morgan fingerprint density at radius 3 is 2.29 bits per heavy atom. The van der Waals surface area contributed by atoms with Crippen LogP contribution in [0, 0.1) is 0 Å². The summed E-state index contributed by atoms with van der Waals surface area (Å²) in [6.07, 6.45) is 0. The molecule has 0 amide bonds. The number of anilines is 1. The number of rotatable bonds is 4. The van der Waals surface area contributed by atoms with E-state index in [1.807, 2.05) is 41.8 Å². The molecule has 8 heteroatoms. The first-order valence-electron chi connectivity index (χ1n) is 9.68. The number of nitrogens with zero attached hydrogens (tertiary/aromatic N) is 6. The zero-order valence-electron chi connectivity index (χ0n) is 16.6. The molecule has 0 aliphatic carbocycles. The van der Waals surface area contributed by atoms with Gasteiger partial charge in [-0.25, -0.2) is 4.79 Å². The van der Waals surface area contributed by atoms with Crippen molar-refractivity contribution in [1.29, 1.82) is 0 Å². The molecule has 0 radical (unpaired) electrons. The van der Waals surface area contributed by atoms with Crippen molar-refractivity contribution in [2.24, 2.45) is 7.05 Å². The first-order chi connectivity index (χ1) is 13.5. The van der Waals surface area contributed by atoms with Crippen LogP contribution in [0.5, 0.6) is 0 Å². The Morgan fingerprint density at radius 1 is 0.964 bits per heavy atom. The molecule has 3 aromatic rings. The van der Waals surface area contributed by atoms with Crippen LogP contribution in [0.25, 0.3) is 11.2 Å². The van der Waals surface area contributed by atoms with Crippen molar-refractivity contribution in [2.45, 2.75) is 20.0 Å². The lowest BCUT2D eigenvalue weighted by Gasteiger charge is -2.33. The van der Waals surface area contributed by atoms with Gasteiger partial charge in [0, 0.05) is 39.8 Å². The van der Waals surface area contributed by atoms with Crippen molar-refractivity contribution in [2.75, 3.05) is 38.1 Å². The first-order valence-corrected chi connectivity index (χ1v) is 9.68. The minimum atomic E-state index is -0.325. The van der Waals surface area contributed by atoms with E-state index in [2.05, 4.69) is 16.8 Å². The van der Waals surface area contributed by atoms with E-state index in [0.717, 1.165) is 37.7 Å². The van der Waals surface area contributed by atoms with E-state index in [4.69, 9.17) is 4.98 Å². The summed E-state index contributed by atoms with van der Waals surface area (Å²) in [5, 5.41) is 0. The van der Waals surface area contributed by atoms with Crippen LogP contribution in [0.1, 0.15) is 12.5 Å². The number of aryl methyl sites for hydroxylation is 1. The van der Waals surface area contributed by atoms with Crippen LogP contribution >= 0.6 is 0 Å². The highest BCUT2D eigenvalue weighted by atomic mass is 16.2. The van der Waals surface area contributed by atoms with Gasteiger partial charge < -0.3 is 9.80 Å². The Hall–Kier alpha value is -2.87. The van der Waals surface area contributed by atoms with Crippen molar-refractivity contribution in [3.8, 4) is 0 Å². The molecular formula is C20H26N6O2. The van der Waals surface area contributed by atoms with E-state index in [9.17, 15) is 9.59 Å². The van der Waals surface area contributed by atoms with Crippen LogP contribution in [0.4, 0.5) is 5.95 Å². The minimum absolute atomic E-state index is 0.274. The maximum absolute atomic E-state index is 13.2. The quantitative estimate of drug-likeness (QED) is 0.665. The molecule has 0 atom stereocenters. The molecule has 0 N–H and O–H groups in total. The van der Waals surface area contributed by atoms with Crippen LogP contribution < -0.4 is 16.1 Å². The molecule has 8 nitrogen and oxygen atoms in total. The molecule has 2 aromatic heterocycles. The first kappa shape index (κ1) is 18.5. The van der Waals surface area contributed by atoms with Crippen LogP contribution in [0.15, 0.2) is 39.9 Å². The second-order valence-corrected chi connectivity index (χ2v) is 7.34. The fourth-order valence-electron chi connectivity index (χ4n) is 3.80. The van der Waals surface area contributed by atoms with E-state index < -0.39 is 0 Å². The van der Waals surface area contributed by atoms with Gasteiger partial charge in [0.15, 0.2) is 11.2 Å². The molecule has 0 unspecified atom stereocenters. The van der Waals surface area contributed by atoms with Gasteiger partial charge in [-0.05, 0) is 19.5 Å². The Kier molecular flexibility index (Phi) is 4.80. The van der Waals surface area contributed by atoms with Gasteiger partial charge in [0.25, 0.3) is 5.56 Å². The smallest absolute Gasteiger partial charge is 0.332 e. The van der Waals surface area contributed by atoms with Crippen molar-refractivity contribution in [3.63, 3.8) is 0 Å². The summed E-state index contributed by atoms with van der Waals surface area (Å²) in [6.45, 7) is 6.24. The van der Waals surface area contributed by atoms with Gasteiger partial charge in [-0.3, -0.25) is 18.5 Å². The van der Waals surface area contributed by atoms with Crippen LogP contribution in [0.2, 0.25) is 0 Å². The summed E-state index contributed by atoms with van der Waals surface area (Å²) < 4.78 is 4.74. The van der Waals surface area contributed by atoms with Crippen molar-refractivity contribution in [1.82, 2.24) is 23.6 Å². The fraction of sp³-hybridized carbons (Fsp3) is 0.450. The average Bonchev–Trinajstić information content (AvgIpc) is 3.08. The second-order valence-electron chi connectivity index (χ2n) is 7.34. The Morgan fingerprint density at radius 2 is 1.64 bits per heavy atom. The zero-order chi connectivity index (χ0) is 19.8. The number of likely N-dealkylation sites (N-methyl/N-ethyl adjacent to an activating group) is 1. The second kappa shape index (κ2) is 7.27. The van der Waals surface area contributed by atoms with Gasteiger partial charge in [-0.2, -0.15) is 4.98 Å². The lowest BCUT2D eigenvalue weighted by molar-refractivity contribution is 0.310. The third-order valence-electron chi connectivity index (χ3n) is 5.50. The van der Waals surface area contributed by atoms with Crippen molar-refractivity contribution < 1.29 is 0 Å². The third kappa shape index (κ3) is 3.03. The Balaban J connectivity index is 1.96. The molecule has 1 saturated heterocycles. The number of imidazole rings is 1. The summed E-state index contributed by atoms with van der Waals surface area (Å²) in [7, 11) is 3.79. The van der Waals surface area contributed by atoms with E-state index in [-0.39, 0.29) is 11.2 Å². The fourth-order valence-corrected chi connectivity index (χ4v) is 3.80. The number of aromatic nitrogens is 4. The Labute approximate surface area is 163 Å². The molecule has 4 rings (SSSR count). The Bertz CT molecular complexity index is 1100. The molecule has 0 saturated carbocycles. The highest BCUT2D eigenvalue weighted by Crippen LogP contribution is 2.22. The standard InChI is InChI=1S/C20H26N6O2/c1-4-25-18(27)16-17(23(3)20(25)28)21-19(24-12-10-22(2)11-13-24)26(16)14-15-8-6-5-7-9-15/h5-9H,4,10-14H2,1-3H3. The SMILES string of the molecule is CCn1c(=O)c2c(nc(N3CCN(C)CC3)n2Cc2ccccc2)n(C)c1=O. The summed E-state index contributed by atoms with van der Waals surface area (Å²) in [6, 6.07) is 10.0. The highest BCUT2D eigenvalue weighted by molar-refractivity contribution is 5.75. The summed E-state index contributed by atoms with van der Waals surface area (Å²) in [5.41, 5.74) is 1.43. The lowest BCUT2D eigenvalue weighted by Crippen LogP contribution is -2.45. The monoisotopic (exact) mass is 382 g/mol. The number of hydrogen-bond acceptors (Lipinski definition) is 5. The van der Waals surface area contributed by atoms with Gasteiger partial charge >= 0.3 is 5.69 Å². The molecule has 148 valence electrons. The van der Waals surface area contributed by atoms with E-state index in [1.165, 1.54) is 9.13 Å². The van der Waals surface area contributed by atoms with Gasteiger partial charge in [-0.15, -0.1) is 0 Å². The molecule has 1 fully saturated rings. The summed E-state index contributed by atoms with van der Waals surface area (Å²) >= 11 is 0. The van der Waals surface area contributed by atoms with Crippen LogP contribution in [0.3, 0.4) is 0 Å². The van der Waals surface area contributed by atoms with Crippen LogP contribution in [-0.2, 0) is 20.1 Å². The predicted octanol–water partition coefficient (Wildman–Crippen LogP) is 0.717. The molecule has 28 heavy (non-hydrogen) atoms. The van der Waals surface area contributed by atoms with Gasteiger partial charge in [-0.1, -0.05) is 30.3 Å². The predicted molar refractivity (Wildman–Crippen MR) is 110 cm³/mol. The molecule has 0 spiro atoms. The van der Waals surface area contributed by atoms with E-state index in [1.54, 1.807) is 7.05 Å². The van der Waals surface area contributed by atoms with Gasteiger partial charge in [0.2, 0.25) is 5.95 Å². The molecular weight excluding hydrogens is 356 g/mol. The average molecular weight is 382 g/mol. The summed E-state index contributed by atoms with van der Waals surface area (Å²) in [5.74, 6) is 0.757. The number of benzene rings is 1. The van der Waals surface area contributed by atoms with Crippen molar-refractivity contribution >= 4 is 17.1 Å². The topological polar surface area (TPSA) is 68.3 Å². The largest absolute Gasteiger partial charge is 0.340 e. The maximum atomic E-state index is 13.2. The van der Waals surface area contributed by atoms with Gasteiger partial charge in [0.05, 0.1) is 6.54 Å². The van der Waals surface area contributed by atoms with Crippen LogP contribution in [-0.4, -0.2) is 56.8 Å². The highest BCUT2D eigenvalue weighted by Gasteiger charge is 2.25. The van der Waals surface area contributed by atoms with Crippen molar-refractivity contribution in [3.05, 3.63) is 56.7 Å². The normalized spacial score (nSPS) is 15.5. The molecule has 1 aliphatic rings. The molecule has 1 aliphatic heterocycles. The number of fused-ring (bicyclic) bond motifs is 1. The van der Waals surface area contributed by atoms with E-state index >= 15 is 0 Å². The van der Waals surface area contributed by atoms with E-state index in [0.29, 0.717) is 24.3 Å². The zero-order valence-corrected chi connectivity index (χ0v) is 16.6. The minimum Gasteiger partial charge on any atom is -0.340 e. The molecule has 1 aromatic carbocycles. The summed E-state index contributed by atoms with van der Waals surface area (Å²) in [4.78, 5) is 35.0. The number of piperazine rings is 1. The molecule has 3 heterocycles. The lowest BCUT2D eigenvalue weighted by atomic mass is 10.2. The third-order valence-corrected chi connectivity index (χ3v) is 5.50. The maximum Gasteiger partial charge on any atom is 0.332 e. The van der Waals surface area contributed by atoms with Gasteiger partial charge in [0.1, 0.15) is 0 Å². The number of hydrogen-bond donors (Lipinski definition) is 0. The molecule has 0 bridgehead atoms.